The van der Waals surface area contributed by atoms with Crippen LogP contribution in [-0.2, 0) is 0 Å². The van der Waals surface area contributed by atoms with Crippen LogP contribution in [-0.4, -0.2) is 36.6 Å². The molecule has 2 fully saturated rings. The van der Waals surface area contributed by atoms with Crippen molar-refractivity contribution >= 4 is 0 Å². The lowest BCUT2D eigenvalue weighted by Crippen LogP contribution is -2.62. The van der Waals surface area contributed by atoms with E-state index < -0.39 is 0 Å². The molecule has 0 aromatic rings. The normalized spacial score (nSPS) is 39.2. The molecule has 15 heavy (non-hydrogen) atoms. The molecule has 0 aromatic heterocycles. The van der Waals surface area contributed by atoms with Gasteiger partial charge in [-0.15, -0.1) is 0 Å². The summed E-state index contributed by atoms with van der Waals surface area (Å²) in [5.41, 5.74) is 0.438. The van der Waals surface area contributed by atoms with Crippen LogP contribution in [0.15, 0.2) is 0 Å². The Morgan fingerprint density at radius 3 is 2.73 bits per heavy atom. The highest BCUT2D eigenvalue weighted by Gasteiger charge is 2.40. The van der Waals surface area contributed by atoms with Crippen LogP contribution in [0, 0.1) is 0 Å². The average Bonchev–Trinajstić information content (AvgIpc) is 2.30. The molecule has 0 bridgehead atoms. The van der Waals surface area contributed by atoms with Gasteiger partial charge in [-0.25, -0.2) is 0 Å². The predicted octanol–water partition coefficient (Wildman–Crippen LogP) is 2.39. The minimum atomic E-state index is 0.438. The molecule has 0 aromatic carbocycles. The highest BCUT2D eigenvalue weighted by atomic mass is 15.2. The van der Waals surface area contributed by atoms with Gasteiger partial charge in [-0.3, -0.25) is 0 Å². The first-order valence-corrected chi connectivity index (χ1v) is 6.74. The van der Waals surface area contributed by atoms with Gasteiger partial charge in [0.25, 0.3) is 0 Å². The standard InChI is InChI=1S/C13H26N2/c1-3-13(9-5-6-10-14-13)12-8-4-7-11-15(12)2/h12,14H,3-11H2,1-2H3. The Labute approximate surface area is 94.4 Å². The number of nitrogens with one attached hydrogen (secondary N) is 1. The topological polar surface area (TPSA) is 15.3 Å². The molecule has 2 aliphatic rings. The van der Waals surface area contributed by atoms with Crippen molar-refractivity contribution in [1.29, 1.82) is 0 Å². The van der Waals surface area contributed by atoms with Crippen LogP contribution >= 0.6 is 0 Å². The molecule has 2 atom stereocenters. The highest BCUT2D eigenvalue weighted by Crippen LogP contribution is 2.33. The van der Waals surface area contributed by atoms with Crippen molar-refractivity contribution in [3.63, 3.8) is 0 Å². The third-order valence-corrected chi connectivity index (χ3v) is 4.57. The van der Waals surface area contributed by atoms with Crippen molar-refractivity contribution in [2.45, 2.75) is 63.5 Å². The first-order chi connectivity index (χ1) is 7.28. The number of hydrogen-bond donors (Lipinski definition) is 1. The Morgan fingerprint density at radius 1 is 1.27 bits per heavy atom. The van der Waals surface area contributed by atoms with Gasteiger partial charge >= 0.3 is 0 Å². The summed E-state index contributed by atoms with van der Waals surface area (Å²) in [5.74, 6) is 0. The van der Waals surface area contributed by atoms with E-state index in [1.54, 1.807) is 0 Å². The number of piperidine rings is 2. The molecule has 1 N–H and O–H groups in total. The van der Waals surface area contributed by atoms with Gasteiger partial charge in [-0.05, 0) is 52.2 Å². The zero-order chi connectivity index (χ0) is 10.7. The van der Waals surface area contributed by atoms with E-state index in [0.29, 0.717) is 5.54 Å². The lowest BCUT2D eigenvalue weighted by Gasteiger charge is -2.49. The van der Waals surface area contributed by atoms with E-state index in [4.69, 9.17) is 0 Å². The summed E-state index contributed by atoms with van der Waals surface area (Å²) in [5, 5.41) is 3.84. The Bertz CT molecular complexity index is 197. The minimum absolute atomic E-state index is 0.438. The number of rotatable bonds is 2. The molecule has 0 saturated carbocycles. The summed E-state index contributed by atoms with van der Waals surface area (Å²) in [7, 11) is 2.32. The van der Waals surface area contributed by atoms with Crippen molar-refractivity contribution < 1.29 is 0 Å². The molecule has 2 heteroatoms. The Hall–Kier alpha value is -0.0800. The Balaban J connectivity index is 2.08. The van der Waals surface area contributed by atoms with Gasteiger partial charge in [0, 0.05) is 11.6 Å². The zero-order valence-electron chi connectivity index (χ0n) is 10.4. The van der Waals surface area contributed by atoms with Crippen molar-refractivity contribution in [2.24, 2.45) is 0 Å². The molecular weight excluding hydrogens is 184 g/mol. The zero-order valence-corrected chi connectivity index (χ0v) is 10.4. The molecule has 2 saturated heterocycles. The Kier molecular flexibility index (Phi) is 3.68. The summed E-state index contributed by atoms with van der Waals surface area (Å²) in [6.07, 6.45) is 9.70. The van der Waals surface area contributed by atoms with Crippen LogP contribution in [0.5, 0.6) is 0 Å². The summed E-state index contributed by atoms with van der Waals surface area (Å²) >= 11 is 0. The van der Waals surface area contributed by atoms with Crippen LogP contribution in [0.3, 0.4) is 0 Å². The molecule has 2 nitrogen and oxygen atoms in total. The first kappa shape index (κ1) is 11.4. The van der Waals surface area contributed by atoms with Crippen LogP contribution < -0.4 is 5.32 Å². The Morgan fingerprint density at radius 2 is 2.13 bits per heavy atom. The number of likely N-dealkylation sites (N-methyl/N-ethyl adjacent to an activating group) is 1. The molecule has 0 radical (unpaired) electrons. The average molecular weight is 210 g/mol. The van der Waals surface area contributed by atoms with Gasteiger partial charge in [0.05, 0.1) is 0 Å². The molecule has 2 rings (SSSR count). The minimum Gasteiger partial charge on any atom is -0.310 e. The number of nitrogens with zero attached hydrogens (tertiary/aromatic N) is 1. The molecular formula is C13H26N2. The van der Waals surface area contributed by atoms with E-state index in [0.717, 1.165) is 6.04 Å². The van der Waals surface area contributed by atoms with Gasteiger partial charge in [-0.2, -0.15) is 0 Å². The SMILES string of the molecule is CCC1(C2CCCCN2C)CCCCN1. The van der Waals surface area contributed by atoms with E-state index in [9.17, 15) is 0 Å². The van der Waals surface area contributed by atoms with E-state index in [1.807, 2.05) is 0 Å². The lowest BCUT2D eigenvalue weighted by atomic mass is 9.76. The van der Waals surface area contributed by atoms with Crippen LogP contribution in [0.2, 0.25) is 0 Å². The second-order valence-corrected chi connectivity index (χ2v) is 5.39. The molecule has 0 spiro atoms. The highest BCUT2D eigenvalue weighted by molar-refractivity contribution is 5.01. The van der Waals surface area contributed by atoms with Crippen LogP contribution in [0.4, 0.5) is 0 Å². The first-order valence-electron chi connectivity index (χ1n) is 6.74. The smallest absolute Gasteiger partial charge is 0.0334 e. The van der Waals surface area contributed by atoms with E-state index >= 15 is 0 Å². The second-order valence-electron chi connectivity index (χ2n) is 5.39. The summed E-state index contributed by atoms with van der Waals surface area (Å²) in [6, 6.07) is 0.788. The second kappa shape index (κ2) is 4.84. The van der Waals surface area contributed by atoms with Crippen LogP contribution in [0.25, 0.3) is 0 Å². The van der Waals surface area contributed by atoms with E-state index in [1.165, 1.54) is 58.0 Å². The third-order valence-electron chi connectivity index (χ3n) is 4.57. The van der Waals surface area contributed by atoms with Crippen LogP contribution in [0.1, 0.15) is 51.9 Å². The fourth-order valence-corrected chi connectivity index (χ4v) is 3.59. The molecule has 2 heterocycles. The summed E-state index contributed by atoms with van der Waals surface area (Å²) in [4.78, 5) is 2.60. The fraction of sp³-hybridized carbons (Fsp3) is 1.00. The maximum atomic E-state index is 3.84. The third kappa shape index (κ3) is 2.21. The number of hydrogen-bond acceptors (Lipinski definition) is 2. The van der Waals surface area contributed by atoms with Gasteiger partial charge in [0.2, 0.25) is 0 Å². The molecule has 0 amide bonds. The summed E-state index contributed by atoms with van der Waals surface area (Å²) in [6.45, 7) is 4.90. The number of likely N-dealkylation sites (tertiary alicyclic amines) is 1. The van der Waals surface area contributed by atoms with Crippen molar-refractivity contribution in [3.05, 3.63) is 0 Å². The predicted molar refractivity (Wildman–Crippen MR) is 65.1 cm³/mol. The van der Waals surface area contributed by atoms with Crippen molar-refractivity contribution in [2.75, 3.05) is 20.1 Å². The lowest BCUT2D eigenvalue weighted by molar-refractivity contribution is 0.0608. The quantitative estimate of drug-likeness (QED) is 0.753. The fourth-order valence-electron chi connectivity index (χ4n) is 3.59. The van der Waals surface area contributed by atoms with Crippen molar-refractivity contribution in [3.8, 4) is 0 Å². The van der Waals surface area contributed by atoms with E-state index in [-0.39, 0.29) is 0 Å². The van der Waals surface area contributed by atoms with E-state index in [2.05, 4.69) is 24.2 Å². The molecule has 2 aliphatic heterocycles. The molecule has 88 valence electrons. The molecule has 2 unspecified atom stereocenters. The van der Waals surface area contributed by atoms with Crippen molar-refractivity contribution in [1.82, 2.24) is 10.2 Å². The maximum Gasteiger partial charge on any atom is 0.0334 e. The van der Waals surface area contributed by atoms with Gasteiger partial charge in [-0.1, -0.05) is 19.8 Å². The maximum absolute atomic E-state index is 3.84. The summed E-state index contributed by atoms with van der Waals surface area (Å²) < 4.78 is 0. The largest absolute Gasteiger partial charge is 0.310 e. The monoisotopic (exact) mass is 210 g/mol. The van der Waals surface area contributed by atoms with Gasteiger partial charge < -0.3 is 10.2 Å². The van der Waals surface area contributed by atoms with Gasteiger partial charge in [0.1, 0.15) is 0 Å². The van der Waals surface area contributed by atoms with Gasteiger partial charge in [0.15, 0.2) is 0 Å². The molecule has 0 aliphatic carbocycles.